The van der Waals surface area contributed by atoms with Gasteiger partial charge >= 0.3 is 5.97 Å². The third-order valence-corrected chi connectivity index (χ3v) is 6.66. The molecule has 1 aliphatic rings. The van der Waals surface area contributed by atoms with Gasteiger partial charge in [-0.2, -0.15) is 0 Å². The molecule has 160 valence electrons. The number of esters is 1. The topological polar surface area (TPSA) is 76.2 Å². The molecule has 0 N–H and O–H groups in total. The summed E-state index contributed by atoms with van der Waals surface area (Å²) < 4.78 is 24.4. The van der Waals surface area contributed by atoms with Gasteiger partial charge in [0.2, 0.25) is 0 Å². The smallest absolute Gasteiger partial charge is 0.303 e. The molecule has 0 aliphatic carbocycles. The van der Waals surface area contributed by atoms with Crippen molar-refractivity contribution in [2.24, 2.45) is 0 Å². The highest BCUT2D eigenvalue weighted by Gasteiger charge is 2.44. The summed E-state index contributed by atoms with van der Waals surface area (Å²) in [5.74, 6) is -0.338. The third kappa shape index (κ3) is 4.55. The first kappa shape index (κ1) is 22.0. The average molecular weight is 431 g/mol. The van der Waals surface area contributed by atoms with Crippen molar-refractivity contribution in [3.05, 3.63) is 54.1 Å². The van der Waals surface area contributed by atoms with E-state index >= 15 is 0 Å². The maximum absolute atomic E-state index is 13.7. The Labute approximate surface area is 179 Å². The van der Waals surface area contributed by atoms with E-state index in [0.29, 0.717) is 35.0 Å². The number of para-hydroxylation sites is 1. The van der Waals surface area contributed by atoms with Crippen LogP contribution in [0, 0.1) is 0 Å². The first-order valence-corrected chi connectivity index (χ1v) is 10.8. The Hall–Kier alpha value is -2.71. The lowest BCUT2D eigenvalue weighted by molar-refractivity contribution is -0.152. The minimum atomic E-state index is -1.63. The zero-order chi connectivity index (χ0) is 21.8. The summed E-state index contributed by atoms with van der Waals surface area (Å²) in [6, 6.07) is 14.1. The average Bonchev–Trinajstić information content (AvgIpc) is 2.80. The number of carbonyl (C=O) groups is 2. The first-order chi connectivity index (χ1) is 14.3. The zero-order valence-corrected chi connectivity index (χ0v) is 18.3. The van der Waals surface area contributed by atoms with Gasteiger partial charge in [-0.3, -0.25) is 13.8 Å². The molecule has 3 unspecified atom stereocenters. The second-order valence-electron chi connectivity index (χ2n) is 7.28. The fourth-order valence-electron chi connectivity index (χ4n) is 3.41. The van der Waals surface area contributed by atoms with Crippen LogP contribution in [-0.4, -0.2) is 61.4 Å². The van der Waals surface area contributed by atoms with Crippen LogP contribution in [0.5, 0.6) is 5.75 Å². The summed E-state index contributed by atoms with van der Waals surface area (Å²) in [5, 5.41) is -0.835. The third-order valence-electron chi connectivity index (χ3n) is 4.90. The quantitative estimate of drug-likeness (QED) is 0.655. The van der Waals surface area contributed by atoms with Gasteiger partial charge in [-0.25, -0.2) is 0 Å². The Morgan fingerprint density at radius 1 is 1.13 bits per heavy atom. The highest BCUT2D eigenvalue weighted by atomic mass is 32.2. The predicted molar refractivity (Wildman–Crippen MR) is 115 cm³/mol. The van der Waals surface area contributed by atoms with Gasteiger partial charge in [-0.15, -0.1) is 0 Å². The van der Waals surface area contributed by atoms with Crippen LogP contribution in [0.2, 0.25) is 0 Å². The molecule has 0 saturated heterocycles. The minimum Gasteiger partial charge on any atom is -0.497 e. The van der Waals surface area contributed by atoms with E-state index < -0.39 is 28.1 Å². The maximum Gasteiger partial charge on any atom is 0.303 e. The molecule has 2 aromatic rings. The second-order valence-corrected chi connectivity index (χ2v) is 8.82. The normalized spacial score (nSPS) is 21.2. The lowest BCUT2D eigenvalue weighted by Crippen LogP contribution is -2.45. The van der Waals surface area contributed by atoms with E-state index in [1.54, 1.807) is 60.5 Å². The molecule has 1 aliphatic heterocycles. The Morgan fingerprint density at radius 2 is 1.80 bits per heavy atom. The van der Waals surface area contributed by atoms with Gasteiger partial charge in [-0.1, -0.05) is 24.3 Å². The molecule has 7 nitrogen and oxygen atoms in total. The van der Waals surface area contributed by atoms with Gasteiger partial charge < -0.3 is 19.3 Å². The number of methoxy groups -OCH3 is 1. The van der Waals surface area contributed by atoms with Crippen molar-refractivity contribution in [2.45, 2.75) is 23.2 Å². The van der Waals surface area contributed by atoms with Crippen molar-refractivity contribution in [1.29, 1.82) is 0 Å². The largest absolute Gasteiger partial charge is 0.497 e. The highest BCUT2D eigenvalue weighted by molar-refractivity contribution is 7.85. The van der Waals surface area contributed by atoms with Crippen molar-refractivity contribution in [2.75, 3.05) is 39.2 Å². The van der Waals surface area contributed by atoms with Gasteiger partial charge in [0, 0.05) is 20.0 Å². The molecular formula is C22H26N2O5S. The number of benzene rings is 2. The van der Waals surface area contributed by atoms with E-state index in [2.05, 4.69) is 0 Å². The van der Waals surface area contributed by atoms with Gasteiger partial charge in [0.25, 0.3) is 5.91 Å². The number of rotatable bonds is 6. The molecule has 3 rings (SSSR count). The summed E-state index contributed by atoms with van der Waals surface area (Å²) in [4.78, 5) is 29.5. The fourth-order valence-corrected chi connectivity index (χ4v) is 5.09. The van der Waals surface area contributed by atoms with Crippen molar-refractivity contribution >= 4 is 28.4 Å². The number of nitrogens with zero attached hydrogens (tertiary/aromatic N) is 2. The molecule has 1 heterocycles. The van der Waals surface area contributed by atoms with E-state index in [4.69, 9.17) is 9.47 Å². The number of carbonyl (C=O) groups excluding carboxylic acids is 2. The Bertz CT molecular complexity index is 945. The standard InChI is InChI=1S/C22H26N2O5S/c1-15(25)29-20-21(16-9-11-17(28-4)12-10-16)30(27)19-8-6-5-7-18(19)24(22(20)26)14-13-23(2)3/h5-12,20-21H,13-14H2,1-4H3. The van der Waals surface area contributed by atoms with Crippen LogP contribution in [0.15, 0.2) is 53.4 Å². The number of likely N-dealkylation sites (N-methyl/N-ethyl adjacent to an activating group) is 1. The maximum atomic E-state index is 13.7. The lowest BCUT2D eigenvalue weighted by Gasteiger charge is -2.28. The van der Waals surface area contributed by atoms with E-state index in [0.717, 1.165) is 0 Å². The van der Waals surface area contributed by atoms with Crippen molar-refractivity contribution in [3.63, 3.8) is 0 Å². The molecule has 0 spiro atoms. The molecule has 1 amide bonds. The van der Waals surface area contributed by atoms with E-state index in [1.165, 1.54) is 6.92 Å². The van der Waals surface area contributed by atoms with Crippen LogP contribution in [-0.2, 0) is 25.1 Å². The Kier molecular flexibility index (Phi) is 6.89. The number of amides is 1. The van der Waals surface area contributed by atoms with Crippen molar-refractivity contribution in [1.82, 2.24) is 4.90 Å². The van der Waals surface area contributed by atoms with Crippen LogP contribution >= 0.6 is 0 Å². The summed E-state index contributed by atoms with van der Waals surface area (Å²) in [5.41, 5.74) is 1.22. The monoisotopic (exact) mass is 430 g/mol. The van der Waals surface area contributed by atoms with Crippen LogP contribution in [0.3, 0.4) is 0 Å². The molecule has 2 aromatic carbocycles. The summed E-state index contributed by atoms with van der Waals surface area (Å²) >= 11 is 0. The van der Waals surface area contributed by atoms with Gasteiger partial charge in [-0.05, 0) is 43.9 Å². The SMILES string of the molecule is COc1ccc(C2C(OC(C)=O)C(=O)N(CCN(C)C)c3ccccc3S2=O)cc1. The van der Waals surface area contributed by atoms with Gasteiger partial charge in [0.1, 0.15) is 11.0 Å². The summed E-state index contributed by atoms with van der Waals surface area (Å²) in [6.07, 6.45) is -1.20. The summed E-state index contributed by atoms with van der Waals surface area (Å²) in [6.45, 7) is 2.24. The second kappa shape index (κ2) is 9.40. The van der Waals surface area contributed by atoms with E-state index in [1.807, 2.05) is 19.0 Å². The highest BCUT2D eigenvalue weighted by Crippen LogP contribution is 2.39. The number of ether oxygens (including phenoxy) is 2. The Balaban J connectivity index is 2.14. The number of hydrogen-bond acceptors (Lipinski definition) is 6. The molecular weight excluding hydrogens is 404 g/mol. The Morgan fingerprint density at radius 3 is 2.40 bits per heavy atom. The van der Waals surface area contributed by atoms with Crippen LogP contribution < -0.4 is 9.64 Å². The van der Waals surface area contributed by atoms with Gasteiger partial charge in [0.15, 0.2) is 6.10 Å². The molecule has 8 heteroatoms. The number of fused-ring (bicyclic) bond motifs is 1. The molecule has 0 radical (unpaired) electrons. The fraction of sp³-hybridized carbons (Fsp3) is 0.364. The molecule has 0 bridgehead atoms. The van der Waals surface area contributed by atoms with Crippen LogP contribution in [0.4, 0.5) is 5.69 Å². The van der Waals surface area contributed by atoms with Crippen molar-refractivity contribution < 1.29 is 23.3 Å². The molecule has 0 fully saturated rings. The lowest BCUT2D eigenvalue weighted by atomic mass is 10.1. The molecule has 30 heavy (non-hydrogen) atoms. The van der Waals surface area contributed by atoms with Crippen LogP contribution in [0.1, 0.15) is 17.7 Å². The first-order valence-electron chi connectivity index (χ1n) is 9.60. The zero-order valence-electron chi connectivity index (χ0n) is 17.5. The molecule has 0 saturated carbocycles. The predicted octanol–water partition coefficient (Wildman–Crippen LogP) is 2.38. The number of anilines is 1. The minimum absolute atomic E-state index is 0.382. The van der Waals surface area contributed by atoms with Crippen molar-refractivity contribution in [3.8, 4) is 5.75 Å². The molecule has 0 aromatic heterocycles. The molecule has 3 atom stereocenters. The van der Waals surface area contributed by atoms with E-state index in [-0.39, 0.29) is 5.91 Å². The summed E-state index contributed by atoms with van der Waals surface area (Å²) in [7, 11) is 3.76. The van der Waals surface area contributed by atoms with Gasteiger partial charge in [0.05, 0.1) is 28.5 Å². The van der Waals surface area contributed by atoms with Crippen LogP contribution in [0.25, 0.3) is 0 Å². The van der Waals surface area contributed by atoms with E-state index in [9.17, 15) is 13.8 Å². The number of hydrogen-bond donors (Lipinski definition) is 0.